The fourth-order valence-electron chi connectivity index (χ4n) is 2.42. The Balaban J connectivity index is 1.67. The largest absolute Gasteiger partial charge is 0.325 e. The number of pyridine rings is 1. The monoisotopic (exact) mass is 353 g/mol. The van der Waals surface area contributed by atoms with Gasteiger partial charge in [-0.2, -0.15) is 0 Å². The van der Waals surface area contributed by atoms with Crippen molar-refractivity contribution in [3.8, 4) is 0 Å². The van der Waals surface area contributed by atoms with Crippen LogP contribution in [-0.2, 0) is 4.79 Å². The summed E-state index contributed by atoms with van der Waals surface area (Å²) in [4.78, 5) is 27.6. The molecule has 1 heterocycles. The van der Waals surface area contributed by atoms with Crippen molar-refractivity contribution in [1.82, 2.24) is 4.98 Å². The van der Waals surface area contributed by atoms with Crippen molar-refractivity contribution in [2.45, 2.75) is 11.8 Å². The molecule has 3 aromatic rings. The van der Waals surface area contributed by atoms with Crippen LogP contribution in [0.4, 0.5) is 11.4 Å². The molecular formula is C18H15N3O3S. The second-order valence-corrected chi connectivity index (χ2v) is 6.47. The fourth-order valence-corrected chi connectivity index (χ4v) is 3.12. The number of non-ortho nitro benzene ring substituents is 1. The first-order chi connectivity index (χ1) is 12.0. The number of aromatic nitrogens is 1. The minimum Gasteiger partial charge on any atom is -0.325 e. The Morgan fingerprint density at radius 2 is 1.96 bits per heavy atom. The number of hydrogen-bond donors (Lipinski definition) is 1. The number of nitrogens with one attached hydrogen (secondary N) is 1. The second-order valence-electron chi connectivity index (χ2n) is 5.42. The lowest BCUT2D eigenvalue weighted by molar-refractivity contribution is -0.384. The molecule has 0 atom stereocenters. The van der Waals surface area contributed by atoms with Crippen LogP contribution < -0.4 is 5.32 Å². The van der Waals surface area contributed by atoms with E-state index in [0.29, 0.717) is 0 Å². The summed E-state index contributed by atoms with van der Waals surface area (Å²) in [5.74, 6) is 0.0744. The summed E-state index contributed by atoms with van der Waals surface area (Å²) >= 11 is 1.33. The first-order valence-corrected chi connectivity index (χ1v) is 8.54. The highest BCUT2D eigenvalue weighted by Crippen LogP contribution is 2.25. The molecule has 0 fully saturated rings. The maximum absolute atomic E-state index is 12.2. The third kappa shape index (κ3) is 3.95. The molecule has 7 heteroatoms. The number of benzene rings is 2. The lowest BCUT2D eigenvalue weighted by Crippen LogP contribution is -2.14. The molecule has 1 amide bonds. The number of thioether (sulfide) groups is 1. The van der Waals surface area contributed by atoms with E-state index in [1.165, 1.54) is 23.9 Å². The quantitative estimate of drug-likeness (QED) is 0.422. The number of amides is 1. The third-order valence-corrected chi connectivity index (χ3v) is 4.67. The number of nitro groups is 1. The molecule has 6 nitrogen and oxygen atoms in total. The first-order valence-electron chi connectivity index (χ1n) is 7.56. The van der Waals surface area contributed by atoms with Crippen LogP contribution in [-0.4, -0.2) is 21.6 Å². The van der Waals surface area contributed by atoms with Gasteiger partial charge in [-0.25, -0.2) is 0 Å². The molecule has 3 rings (SSSR count). The second kappa shape index (κ2) is 7.31. The summed E-state index contributed by atoms with van der Waals surface area (Å²) < 4.78 is 0. The van der Waals surface area contributed by atoms with Crippen LogP contribution in [0.25, 0.3) is 10.9 Å². The maximum Gasteiger partial charge on any atom is 0.269 e. The molecule has 0 aliphatic carbocycles. The van der Waals surface area contributed by atoms with E-state index < -0.39 is 4.92 Å². The standard InChI is InChI=1S/C18H15N3O3S/c1-12-4-9-16(15-3-2-10-19-18(12)15)20-17(22)11-25-14-7-5-13(6-8-14)21(23)24/h2-10H,11H2,1H3,(H,20,22). The van der Waals surface area contributed by atoms with Gasteiger partial charge in [-0.05, 0) is 42.8 Å². The zero-order chi connectivity index (χ0) is 17.8. The molecule has 25 heavy (non-hydrogen) atoms. The van der Waals surface area contributed by atoms with Crippen molar-refractivity contribution in [2.75, 3.05) is 11.1 Å². The predicted octanol–water partition coefficient (Wildman–Crippen LogP) is 4.18. The van der Waals surface area contributed by atoms with Crippen LogP contribution in [0.1, 0.15) is 5.56 Å². The van der Waals surface area contributed by atoms with Gasteiger partial charge in [-0.3, -0.25) is 19.9 Å². The van der Waals surface area contributed by atoms with Gasteiger partial charge in [-0.1, -0.05) is 6.07 Å². The number of aryl methyl sites for hydroxylation is 1. The lowest BCUT2D eigenvalue weighted by Gasteiger charge is -2.10. The summed E-state index contributed by atoms with van der Waals surface area (Å²) in [6, 6.07) is 13.7. The van der Waals surface area contributed by atoms with E-state index in [0.717, 1.165) is 27.0 Å². The molecule has 0 spiro atoms. The summed E-state index contributed by atoms with van der Waals surface area (Å²) in [5.41, 5.74) is 2.67. The van der Waals surface area contributed by atoms with Crippen LogP contribution in [0.5, 0.6) is 0 Å². The number of hydrogen-bond acceptors (Lipinski definition) is 5. The van der Waals surface area contributed by atoms with E-state index in [1.54, 1.807) is 18.3 Å². The van der Waals surface area contributed by atoms with Gasteiger partial charge in [0, 0.05) is 28.6 Å². The van der Waals surface area contributed by atoms with Crippen molar-refractivity contribution < 1.29 is 9.72 Å². The number of carbonyl (C=O) groups excluding carboxylic acids is 1. The van der Waals surface area contributed by atoms with Gasteiger partial charge in [0.05, 0.1) is 21.9 Å². The number of nitrogens with zero attached hydrogens (tertiary/aromatic N) is 2. The number of rotatable bonds is 5. The Hall–Kier alpha value is -2.93. The lowest BCUT2D eigenvalue weighted by atomic mass is 10.1. The van der Waals surface area contributed by atoms with Crippen LogP contribution in [0.15, 0.2) is 59.6 Å². The van der Waals surface area contributed by atoms with Gasteiger partial charge in [0.25, 0.3) is 5.69 Å². The van der Waals surface area contributed by atoms with Crippen LogP contribution in [0.3, 0.4) is 0 Å². The Bertz CT molecular complexity index is 942. The molecule has 0 radical (unpaired) electrons. The topological polar surface area (TPSA) is 85.1 Å². The van der Waals surface area contributed by atoms with E-state index in [2.05, 4.69) is 10.3 Å². The maximum atomic E-state index is 12.2. The minimum absolute atomic E-state index is 0.0347. The summed E-state index contributed by atoms with van der Waals surface area (Å²) in [6.45, 7) is 1.98. The van der Waals surface area contributed by atoms with Crippen molar-refractivity contribution in [2.24, 2.45) is 0 Å². The van der Waals surface area contributed by atoms with Gasteiger partial charge in [0.2, 0.25) is 5.91 Å². The minimum atomic E-state index is -0.447. The molecule has 1 aromatic heterocycles. The highest BCUT2D eigenvalue weighted by Gasteiger charge is 2.09. The van der Waals surface area contributed by atoms with Crippen LogP contribution in [0, 0.1) is 17.0 Å². The predicted molar refractivity (Wildman–Crippen MR) is 98.9 cm³/mol. The Labute approximate surface area is 148 Å². The van der Waals surface area contributed by atoms with Crippen LogP contribution in [0.2, 0.25) is 0 Å². The Kier molecular flexibility index (Phi) is 4.95. The highest BCUT2D eigenvalue weighted by molar-refractivity contribution is 8.00. The van der Waals surface area contributed by atoms with Crippen LogP contribution >= 0.6 is 11.8 Å². The molecule has 1 N–H and O–H groups in total. The van der Waals surface area contributed by atoms with Crippen molar-refractivity contribution in [3.05, 3.63) is 70.4 Å². The van der Waals surface area contributed by atoms with Gasteiger partial charge >= 0.3 is 0 Å². The van der Waals surface area contributed by atoms with E-state index >= 15 is 0 Å². The molecule has 0 unspecified atom stereocenters. The average Bonchev–Trinajstić information content (AvgIpc) is 2.63. The Morgan fingerprint density at radius 3 is 2.68 bits per heavy atom. The molecule has 0 aliphatic heterocycles. The smallest absolute Gasteiger partial charge is 0.269 e. The van der Waals surface area contributed by atoms with Gasteiger partial charge in [-0.15, -0.1) is 11.8 Å². The van der Waals surface area contributed by atoms with Gasteiger partial charge in [0.1, 0.15) is 0 Å². The number of anilines is 1. The normalized spacial score (nSPS) is 10.6. The van der Waals surface area contributed by atoms with Gasteiger partial charge < -0.3 is 5.32 Å². The van der Waals surface area contributed by atoms with Crippen molar-refractivity contribution >= 4 is 39.9 Å². The van der Waals surface area contributed by atoms with E-state index in [-0.39, 0.29) is 17.3 Å². The van der Waals surface area contributed by atoms with E-state index in [1.807, 2.05) is 31.2 Å². The molecular weight excluding hydrogens is 338 g/mol. The SMILES string of the molecule is Cc1ccc(NC(=O)CSc2ccc([N+](=O)[O-])cc2)c2cccnc12. The number of nitro benzene ring substituents is 1. The average molecular weight is 353 g/mol. The molecule has 126 valence electrons. The molecule has 2 aromatic carbocycles. The summed E-state index contributed by atoms with van der Waals surface area (Å²) in [6.07, 6.45) is 1.73. The molecule has 0 saturated carbocycles. The highest BCUT2D eigenvalue weighted by atomic mass is 32.2. The van der Waals surface area contributed by atoms with Crippen molar-refractivity contribution in [3.63, 3.8) is 0 Å². The Morgan fingerprint density at radius 1 is 1.20 bits per heavy atom. The molecule has 0 aliphatic rings. The number of carbonyl (C=O) groups is 1. The van der Waals surface area contributed by atoms with E-state index in [4.69, 9.17) is 0 Å². The summed E-state index contributed by atoms with van der Waals surface area (Å²) in [5, 5.41) is 14.4. The number of fused-ring (bicyclic) bond motifs is 1. The zero-order valence-corrected chi connectivity index (χ0v) is 14.2. The fraction of sp³-hybridized carbons (Fsp3) is 0.111. The molecule has 0 saturated heterocycles. The van der Waals surface area contributed by atoms with Crippen molar-refractivity contribution in [1.29, 1.82) is 0 Å². The van der Waals surface area contributed by atoms with E-state index in [9.17, 15) is 14.9 Å². The first kappa shape index (κ1) is 16.9. The zero-order valence-electron chi connectivity index (χ0n) is 13.4. The third-order valence-electron chi connectivity index (χ3n) is 3.66. The van der Waals surface area contributed by atoms with Gasteiger partial charge in [0.15, 0.2) is 0 Å². The summed E-state index contributed by atoms with van der Waals surface area (Å²) in [7, 11) is 0. The molecule has 0 bridgehead atoms.